The number of hydrogen-bond donors (Lipinski definition) is 2. The van der Waals surface area contributed by atoms with Gasteiger partial charge in [-0.1, -0.05) is 6.07 Å². The Kier molecular flexibility index (Phi) is 4.56. The van der Waals surface area contributed by atoms with Crippen molar-refractivity contribution in [3.8, 4) is 0 Å². The predicted molar refractivity (Wildman–Crippen MR) is 59.1 cm³/mol. The minimum atomic E-state index is -4.33. The van der Waals surface area contributed by atoms with Gasteiger partial charge in [0, 0.05) is 13.6 Å². The number of aliphatic hydroxyl groups is 1. The van der Waals surface area contributed by atoms with Crippen LogP contribution < -0.4 is 10.2 Å². The fourth-order valence-corrected chi connectivity index (χ4v) is 1.35. The van der Waals surface area contributed by atoms with Crippen LogP contribution in [0.5, 0.6) is 0 Å². The Bertz CT molecular complexity index is 357. The lowest BCUT2D eigenvalue weighted by atomic mass is 10.4. The van der Waals surface area contributed by atoms with Gasteiger partial charge in [0.05, 0.1) is 6.61 Å². The van der Waals surface area contributed by atoms with Crippen LogP contribution in [0.3, 0.4) is 0 Å². The van der Waals surface area contributed by atoms with Gasteiger partial charge in [-0.05, 0) is 12.1 Å². The second-order valence-electron chi connectivity index (χ2n) is 3.39. The summed E-state index contributed by atoms with van der Waals surface area (Å²) in [5, 5.41) is 11.5. The van der Waals surface area contributed by atoms with E-state index >= 15 is 0 Å². The summed E-state index contributed by atoms with van der Waals surface area (Å²) >= 11 is 0. The third kappa shape index (κ3) is 4.48. The van der Waals surface area contributed by atoms with Crippen molar-refractivity contribution in [3.05, 3.63) is 18.2 Å². The number of aromatic nitrogens is 1. The first-order chi connectivity index (χ1) is 7.96. The Morgan fingerprint density at radius 1 is 1.41 bits per heavy atom. The van der Waals surface area contributed by atoms with Crippen LogP contribution in [0, 0.1) is 0 Å². The summed E-state index contributed by atoms with van der Waals surface area (Å²) in [4.78, 5) is 4.99. The van der Waals surface area contributed by atoms with Gasteiger partial charge in [-0.15, -0.1) is 0 Å². The predicted octanol–water partition coefficient (Wildman–Crippen LogP) is 1.48. The minimum absolute atomic E-state index is 0.111. The average molecular weight is 249 g/mol. The van der Waals surface area contributed by atoms with E-state index in [1.165, 1.54) is 6.07 Å². The third-order valence-electron chi connectivity index (χ3n) is 2.05. The van der Waals surface area contributed by atoms with Crippen molar-refractivity contribution in [1.82, 2.24) is 4.98 Å². The van der Waals surface area contributed by atoms with Crippen LogP contribution >= 0.6 is 0 Å². The zero-order chi connectivity index (χ0) is 12.9. The molecule has 0 amide bonds. The van der Waals surface area contributed by atoms with Crippen LogP contribution in [-0.4, -0.2) is 43.0 Å². The highest BCUT2D eigenvalue weighted by Gasteiger charge is 2.31. The molecule has 0 saturated heterocycles. The second-order valence-corrected chi connectivity index (χ2v) is 3.39. The lowest BCUT2D eigenvalue weighted by molar-refractivity contribution is -0.119. The van der Waals surface area contributed by atoms with E-state index < -0.39 is 12.7 Å². The first-order valence-corrected chi connectivity index (χ1v) is 5.03. The van der Waals surface area contributed by atoms with Crippen molar-refractivity contribution >= 4 is 11.6 Å². The van der Waals surface area contributed by atoms with Gasteiger partial charge < -0.3 is 15.3 Å². The molecule has 0 aliphatic heterocycles. The van der Waals surface area contributed by atoms with Gasteiger partial charge in [0.2, 0.25) is 0 Å². The molecule has 0 bridgehead atoms. The fourth-order valence-electron chi connectivity index (χ4n) is 1.35. The Balaban J connectivity index is 2.88. The molecule has 1 rings (SSSR count). The van der Waals surface area contributed by atoms with Crippen LogP contribution in [0.15, 0.2) is 18.2 Å². The van der Waals surface area contributed by atoms with Gasteiger partial charge in [0.15, 0.2) is 0 Å². The van der Waals surface area contributed by atoms with Crippen molar-refractivity contribution in [3.63, 3.8) is 0 Å². The van der Waals surface area contributed by atoms with Crippen molar-refractivity contribution in [2.75, 3.05) is 37.0 Å². The first kappa shape index (κ1) is 13.6. The Morgan fingerprint density at radius 3 is 2.65 bits per heavy atom. The van der Waals surface area contributed by atoms with E-state index in [1.807, 2.05) is 0 Å². The molecule has 0 aliphatic rings. The Morgan fingerprint density at radius 2 is 2.12 bits per heavy atom. The molecule has 0 aromatic carbocycles. The molecule has 7 heteroatoms. The summed E-state index contributed by atoms with van der Waals surface area (Å²) in [5.41, 5.74) is 0. The molecule has 1 heterocycles. The minimum Gasteiger partial charge on any atom is -0.395 e. The zero-order valence-electron chi connectivity index (χ0n) is 9.33. The molecule has 0 radical (unpaired) electrons. The van der Waals surface area contributed by atoms with Crippen LogP contribution in [-0.2, 0) is 0 Å². The van der Waals surface area contributed by atoms with Gasteiger partial charge in [-0.3, -0.25) is 0 Å². The van der Waals surface area contributed by atoms with Crippen LogP contribution in [0.25, 0.3) is 0 Å². The van der Waals surface area contributed by atoms with E-state index in [-0.39, 0.29) is 19.0 Å². The van der Waals surface area contributed by atoms with Crippen LogP contribution in [0.1, 0.15) is 0 Å². The van der Waals surface area contributed by atoms with Crippen molar-refractivity contribution < 1.29 is 18.3 Å². The number of alkyl halides is 3. The van der Waals surface area contributed by atoms with E-state index in [0.29, 0.717) is 5.82 Å². The topological polar surface area (TPSA) is 48.4 Å². The number of rotatable bonds is 5. The molecule has 96 valence electrons. The van der Waals surface area contributed by atoms with Crippen molar-refractivity contribution in [2.24, 2.45) is 0 Å². The highest BCUT2D eigenvalue weighted by atomic mass is 19.4. The third-order valence-corrected chi connectivity index (χ3v) is 2.05. The molecule has 2 N–H and O–H groups in total. The smallest absolute Gasteiger partial charge is 0.395 e. The highest BCUT2D eigenvalue weighted by Crippen LogP contribution is 2.21. The number of nitrogens with zero attached hydrogens (tertiary/aromatic N) is 2. The van der Waals surface area contributed by atoms with E-state index in [1.54, 1.807) is 19.2 Å². The van der Waals surface area contributed by atoms with Crippen molar-refractivity contribution in [1.29, 1.82) is 0 Å². The number of anilines is 2. The van der Waals surface area contributed by atoms with Gasteiger partial charge in [0.25, 0.3) is 0 Å². The van der Waals surface area contributed by atoms with Crippen LogP contribution in [0.2, 0.25) is 0 Å². The van der Waals surface area contributed by atoms with Crippen LogP contribution in [0.4, 0.5) is 24.8 Å². The molecule has 0 atom stereocenters. The SMILES string of the molecule is CNc1cccc(N(CCO)CC(F)(F)F)n1. The summed E-state index contributed by atoms with van der Waals surface area (Å²) in [6.07, 6.45) is -4.33. The molecule has 0 unspecified atom stereocenters. The molecular weight excluding hydrogens is 235 g/mol. The summed E-state index contributed by atoms with van der Waals surface area (Å²) in [6, 6.07) is 4.73. The zero-order valence-corrected chi connectivity index (χ0v) is 9.33. The monoisotopic (exact) mass is 249 g/mol. The number of nitrogens with one attached hydrogen (secondary N) is 1. The van der Waals surface area contributed by atoms with Gasteiger partial charge in [-0.2, -0.15) is 13.2 Å². The molecule has 0 spiro atoms. The lowest BCUT2D eigenvalue weighted by Gasteiger charge is -2.24. The number of aliphatic hydroxyl groups excluding tert-OH is 1. The summed E-state index contributed by atoms with van der Waals surface area (Å²) < 4.78 is 37.0. The van der Waals surface area contributed by atoms with Gasteiger partial charge in [0.1, 0.15) is 18.2 Å². The van der Waals surface area contributed by atoms with E-state index in [2.05, 4.69) is 10.3 Å². The molecule has 0 aliphatic carbocycles. The van der Waals surface area contributed by atoms with Gasteiger partial charge >= 0.3 is 6.18 Å². The van der Waals surface area contributed by atoms with E-state index in [9.17, 15) is 13.2 Å². The largest absolute Gasteiger partial charge is 0.405 e. The maximum atomic E-state index is 12.3. The molecule has 4 nitrogen and oxygen atoms in total. The summed E-state index contributed by atoms with van der Waals surface area (Å²) in [7, 11) is 1.63. The van der Waals surface area contributed by atoms with E-state index in [4.69, 9.17) is 5.11 Å². The first-order valence-electron chi connectivity index (χ1n) is 5.03. The Labute approximate surface area is 97.1 Å². The highest BCUT2D eigenvalue weighted by molar-refractivity contribution is 5.46. The lowest BCUT2D eigenvalue weighted by Crippen LogP contribution is -2.36. The molecule has 17 heavy (non-hydrogen) atoms. The fraction of sp³-hybridized carbons (Fsp3) is 0.500. The number of pyridine rings is 1. The molecular formula is C10H14F3N3O. The maximum absolute atomic E-state index is 12.3. The maximum Gasteiger partial charge on any atom is 0.405 e. The standard InChI is InChI=1S/C10H14F3N3O/c1-14-8-3-2-4-9(15-8)16(5-6-17)7-10(11,12)13/h2-4,17H,5-7H2,1H3,(H,14,15). The quantitative estimate of drug-likeness (QED) is 0.830. The Hall–Kier alpha value is -1.50. The average Bonchev–Trinajstić information content (AvgIpc) is 2.27. The summed E-state index contributed by atoms with van der Waals surface area (Å²) in [6.45, 7) is -1.60. The van der Waals surface area contributed by atoms with E-state index in [0.717, 1.165) is 4.90 Å². The second kappa shape index (κ2) is 5.72. The van der Waals surface area contributed by atoms with Crippen molar-refractivity contribution in [2.45, 2.75) is 6.18 Å². The molecule has 1 aromatic heterocycles. The summed E-state index contributed by atoms with van der Waals surface area (Å²) in [5.74, 6) is 0.663. The number of halogens is 3. The molecule has 0 fully saturated rings. The normalized spacial score (nSPS) is 11.4. The molecule has 1 aromatic rings. The van der Waals surface area contributed by atoms with Gasteiger partial charge in [-0.25, -0.2) is 4.98 Å². The number of hydrogen-bond acceptors (Lipinski definition) is 4. The molecule has 0 saturated carbocycles.